The Kier molecular flexibility index (Phi) is 5.66. The predicted molar refractivity (Wildman–Crippen MR) is 113 cm³/mol. The van der Waals surface area contributed by atoms with Gasteiger partial charge in [0.05, 0.1) is 5.71 Å². The number of aliphatic imine (C=N–C) groups is 2. The zero-order valence-electron chi connectivity index (χ0n) is 16.3. The second-order valence-electron chi connectivity index (χ2n) is 6.97. The van der Waals surface area contributed by atoms with Crippen LogP contribution in [0.5, 0.6) is 0 Å². The second kappa shape index (κ2) is 8.55. The third-order valence-electron chi connectivity index (χ3n) is 4.82. The Morgan fingerprint density at radius 1 is 0.806 bits per heavy atom. The van der Waals surface area contributed by atoms with Gasteiger partial charge in [-0.1, -0.05) is 91.0 Å². The fraction of sp³-hybridized carbons (Fsp3) is 0.125. The lowest BCUT2D eigenvalue weighted by molar-refractivity contribution is -0.158. The first-order chi connectivity index (χ1) is 14.9. The van der Waals surface area contributed by atoms with Gasteiger partial charge in [0.25, 0.3) is 5.91 Å². The number of amides is 1. The first kappa shape index (κ1) is 20.5. The van der Waals surface area contributed by atoms with Gasteiger partial charge in [-0.3, -0.25) is 14.8 Å². The van der Waals surface area contributed by atoms with Crippen LogP contribution in [0.4, 0.5) is 13.2 Å². The van der Waals surface area contributed by atoms with Crippen molar-refractivity contribution in [3.8, 4) is 0 Å². The van der Waals surface area contributed by atoms with Gasteiger partial charge >= 0.3 is 6.18 Å². The highest BCUT2D eigenvalue weighted by Gasteiger charge is 2.50. The number of nitrogens with zero attached hydrogens (tertiary/aromatic N) is 2. The maximum atomic E-state index is 14.0. The third kappa shape index (κ3) is 4.55. The molecular weight excluding hydrogens is 403 g/mol. The lowest BCUT2D eigenvalue weighted by atomic mass is 9.99. The summed E-state index contributed by atoms with van der Waals surface area (Å²) in [5.74, 6) is -0.958. The summed E-state index contributed by atoms with van der Waals surface area (Å²) in [5, 5.41) is 2.50. The number of carbonyl (C=O) groups excluding carboxylic acids is 1. The average molecular weight is 421 g/mol. The molecule has 0 unspecified atom stereocenters. The predicted octanol–water partition coefficient (Wildman–Crippen LogP) is 4.40. The van der Waals surface area contributed by atoms with Crippen LogP contribution in [0.25, 0.3) is 0 Å². The summed E-state index contributed by atoms with van der Waals surface area (Å²) in [6, 6.07) is 21.8. The molecule has 0 aromatic heterocycles. The third-order valence-corrected chi connectivity index (χ3v) is 4.82. The molecule has 0 saturated carbocycles. The lowest BCUT2D eigenvalue weighted by Crippen LogP contribution is -2.54. The monoisotopic (exact) mass is 421 g/mol. The highest BCUT2D eigenvalue weighted by molar-refractivity contribution is 6.15. The van der Waals surface area contributed by atoms with Crippen LogP contribution >= 0.6 is 0 Å². The molecule has 0 fully saturated rings. The Hall–Kier alpha value is -3.74. The molecule has 4 rings (SSSR count). The van der Waals surface area contributed by atoms with Crippen molar-refractivity contribution in [3.05, 3.63) is 108 Å². The van der Waals surface area contributed by atoms with Gasteiger partial charge in [-0.15, -0.1) is 0 Å². The quantitative estimate of drug-likeness (QED) is 0.624. The SMILES string of the molecule is O=C1NC(c2ccccc2)=N[C@H](C(F)(F)F)[C@H]1N=C(c1ccccc1)c1ccccc1. The minimum atomic E-state index is -4.75. The number of hydrogen-bond donors (Lipinski definition) is 1. The van der Waals surface area contributed by atoms with E-state index in [-0.39, 0.29) is 5.84 Å². The van der Waals surface area contributed by atoms with Crippen molar-refractivity contribution >= 4 is 17.5 Å². The topological polar surface area (TPSA) is 53.8 Å². The summed E-state index contributed by atoms with van der Waals surface area (Å²) in [5.41, 5.74) is 1.92. The molecule has 0 bridgehead atoms. The summed E-state index contributed by atoms with van der Waals surface area (Å²) >= 11 is 0. The molecule has 2 atom stereocenters. The van der Waals surface area contributed by atoms with E-state index in [1.54, 1.807) is 91.0 Å². The van der Waals surface area contributed by atoms with Crippen molar-refractivity contribution < 1.29 is 18.0 Å². The van der Waals surface area contributed by atoms with Crippen molar-refractivity contribution in [2.24, 2.45) is 9.98 Å². The van der Waals surface area contributed by atoms with E-state index in [0.717, 1.165) is 0 Å². The molecule has 1 aliphatic rings. The molecule has 1 amide bonds. The van der Waals surface area contributed by atoms with Gasteiger partial charge < -0.3 is 5.32 Å². The first-order valence-electron chi connectivity index (χ1n) is 9.63. The molecule has 3 aromatic rings. The Bertz CT molecular complexity index is 1070. The van der Waals surface area contributed by atoms with E-state index in [9.17, 15) is 18.0 Å². The van der Waals surface area contributed by atoms with Crippen molar-refractivity contribution in [3.63, 3.8) is 0 Å². The lowest BCUT2D eigenvalue weighted by Gasteiger charge is -2.29. The highest BCUT2D eigenvalue weighted by atomic mass is 19.4. The van der Waals surface area contributed by atoms with Crippen LogP contribution in [0.15, 0.2) is 101 Å². The molecule has 0 spiro atoms. The molecule has 1 heterocycles. The van der Waals surface area contributed by atoms with Gasteiger partial charge in [0.1, 0.15) is 5.84 Å². The number of nitrogens with one attached hydrogen (secondary N) is 1. The van der Waals surface area contributed by atoms with Crippen LogP contribution < -0.4 is 5.32 Å². The number of halogens is 3. The molecule has 4 nitrogen and oxygen atoms in total. The van der Waals surface area contributed by atoms with E-state index < -0.39 is 24.2 Å². The average Bonchev–Trinajstić information content (AvgIpc) is 2.79. The van der Waals surface area contributed by atoms with Crippen molar-refractivity contribution in [1.29, 1.82) is 0 Å². The highest BCUT2D eigenvalue weighted by Crippen LogP contribution is 2.30. The van der Waals surface area contributed by atoms with E-state index in [0.29, 0.717) is 22.4 Å². The Morgan fingerprint density at radius 3 is 1.77 bits per heavy atom. The summed E-state index contributed by atoms with van der Waals surface area (Å²) in [7, 11) is 0. The Morgan fingerprint density at radius 2 is 1.29 bits per heavy atom. The van der Waals surface area contributed by atoms with Gasteiger partial charge in [-0.25, -0.2) is 0 Å². The minimum absolute atomic E-state index is 0.111. The van der Waals surface area contributed by atoms with Crippen LogP contribution in [0.2, 0.25) is 0 Å². The number of rotatable bonds is 4. The van der Waals surface area contributed by atoms with Gasteiger partial charge in [-0.05, 0) is 0 Å². The van der Waals surface area contributed by atoms with Crippen LogP contribution in [0.3, 0.4) is 0 Å². The van der Waals surface area contributed by atoms with Crippen LogP contribution in [0.1, 0.15) is 16.7 Å². The zero-order valence-corrected chi connectivity index (χ0v) is 16.3. The smallest absolute Gasteiger partial charge is 0.309 e. The number of hydrogen-bond acceptors (Lipinski definition) is 3. The van der Waals surface area contributed by atoms with Crippen molar-refractivity contribution in [2.45, 2.75) is 18.3 Å². The fourth-order valence-electron chi connectivity index (χ4n) is 3.35. The molecule has 7 heteroatoms. The van der Waals surface area contributed by atoms with Crippen LogP contribution in [0, 0.1) is 0 Å². The number of benzene rings is 3. The zero-order chi connectivity index (χ0) is 21.8. The van der Waals surface area contributed by atoms with E-state index in [2.05, 4.69) is 15.3 Å². The molecule has 1 N–H and O–H groups in total. The number of amidine groups is 1. The Balaban J connectivity index is 1.83. The van der Waals surface area contributed by atoms with Gasteiger partial charge in [0.15, 0.2) is 12.1 Å². The largest absolute Gasteiger partial charge is 0.413 e. The molecule has 0 radical (unpaired) electrons. The van der Waals surface area contributed by atoms with Crippen LogP contribution in [-0.2, 0) is 4.79 Å². The second-order valence-corrected chi connectivity index (χ2v) is 6.97. The van der Waals surface area contributed by atoms with E-state index in [4.69, 9.17) is 0 Å². The van der Waals surface area contributed by atoms with Crippen molar-refractivity contribution in [1.82, 2.24) is 5.32 Å². The molecule has 3 aromatic carbocycles. The molecule has 31 heavy (non-hydrogen) atoms. The fourth-order valence-corrected chi connectivity index (χ4v) is 3.35. The summed E-state index contributed by atoms with van der Waals surface area (Å²) < 4.78 is 41.9. The summed E-state index contributed by atoms with van der Waals surface area (Å²) in [6.07, 6.45) is -4.75. The van der Waals surface area contributed by atoms with E-state index in [1.165, 1.54) is 0 Å². The molecule has 1 aliphatic heterocycles. The van der Waals surface area contributed by atoms with E-state index >= 15 is 0 Å². The summed E-state index contributed by atoms with van der Waals surface area (Å²) in [6.45, 7) is 0. The number of carbonyl (C=O) groups is 1. The molecular formula is C24H18F3N3O. The van der Waals surface area contributed by atoms with Crippen LogP contribution in [-0.4, -0.2) is 35.7 Å². The first-order valence-corrected chi connectivity index (χ1v) is 9.63. The van der Waals surface area contributed by atoms with Gasteiger partial charge in [0, 0.05) is 16.7 Å². The number of alkyl halides is 3. The Labute approximate surface area is 177 Å². The van der Waals surface area contributed by atoms with Gasteiger partial charge in [-0.2, -0.15) is 13.2 Å². The molecule has 0 saturated heterocycles. The van der Waals surface area contributed by atoms with Crippen molar-refractivity contribution in [2.75, 3.05) is 0 Å². The maximum Gasteiger partial charge on any atom is 0.413 e. The molecule has 156 valence electrons. The molecule has 0 aliphatic carbocycles. The normalized spacial score (nSPS) is 18.7. The minimum Gasteiger partial charge on any atom is -0.309 e. The van der Waals surface area contributed by atoms with E-state index in [1.807, 2.05) is 0 Å². The van der Waals surface area contributed by atoms with Gasteiger partial charge in [0.2, 0.25) is 0 Å². The standard InChI is InChI=1S/C24H18F3N3O/c25-24(26,27)21-20(23(31)30-22(29-21)18-14-8-3-9-15-18)28-19(16-10-4-1-5-11-16)17-12-6-2-7-13-17/h1-15,20-21H,(H,29,30,31)/t20-,21+/m1/s1. The summed E-state index contributed by atoms with van der Waals surface area (Å²) in [4.78, 5) is 21.0. The maximum absolute atomic E-state index is 14.0.